The van der Waals surface area contributed by atoms with E-state index in [4.69, 9.17) is 28.3 Å². The Morgan fingerprint density at radius 3 is 2.34 bits per heavy atom. The second-order valence-electron chi connectivity index (χ2n) is 18.8. The van der Waals surface area contributed by atoms with Crippen molar-refractivity contribution in [2.75, 3.05) is 37.5 Å². The van der Waals surface area contributed by atoms with Gasteiger partial charge in [-0.05, 0) is 61.2 Å². The van der Waals surface area contributed by atoms with Gasteiger partial charge in [-0.15, -0.1) is 0 Å². The normalized spacial score (nSPS) is 29.5. The first-order chi connectivity index (χ1) is 33.3. The number of amides is 1. The summed E-state index contributed by atoms with van der Waals surface area (Å²) in [5.41, 5.74) is 0.436. The number of fused-ring (bicyclic) bond motifs is 7. The number of ether oxygens (including phenoxy) is 4. The fourth-order valence-corrected chi connectivity index (χ4v) is 9.96. The van der Waals surface area contributed by atoms with E-state index in [0.29, 0.717) is 23.4 Å². The van der Waals surface area contributed by atoms with Gasteiger partial charge in [0, 0.05) is 73.5 Å². The maximum atomic E-state index is 14.7. The van der Waals surface area contributed by atoms with Crippen LogP contribution in [-0.4, -0.2) is 105 Å². The second kappa shape index (κ2) is 21.3. The van der Waals surface area contributed by atoms with Gasteiger partial charge in [-0.3, -0.25) is 14.4 Å². The lowest BCUT2D eigenvalue weighted by Crippen LogP contribution is -2.46. The number of anilines is 2. The van der Waals surface area contributed by atoms with E-state index < -0.39 is 95.4 Å². The zero-order chi connectivity index (χ0) is 50.9. The fourth-order valence-electron chi connectivity index (χ4n) is 9.96. The highest BCUT2D eigenvalue weighted by molar-refractivity contribution is 6.19. The number of hydrogen-bond donors (Lipinski definition) is 6. The summed E-state index contributed by atoms with van der Waals surface area (Å²) in [6.07, 6.45) is 2.43. The lowest BCUT2D eigenvalue weighted by molar-refractivity contribution is -0.160. The van der Waals surface area contributed by atoms with Crippen LogP contribution in [0.1, 0.15) is 77.2 Å². The maximum absolute atomic E-state index is 14.7. The number of aromatic nitrogens is 2. The van der Waals surface area contributed by atoms with Gasteiger partial charge in [-0.2, -0.15) is 0 Å². The summed E-state index contributed by atoms with van der Waals surface area (Å²) in [5, 5.41) is 61.9. The monoisotopic (exact) mass is 964 g/mol. The number of likely N-dealkylation sites (N-methyl/N-ethyl adjacent to an activating group) is 1. The smallest absolute Gasteiger partial charge is 0.302 e. The Hall–Kier alpha value is -6.37. The number of aromatic hydroxyl groups is 1. The van der Waals surface area contributed by atoms with Gasteiger partial charge in [0.1, 0.15) is 41.0 Å². The molecule has 6 N–H and O–H groups in total. The number of rotatable bonds is 7. The Kier molecular flexibility index (Phi) is 15.7. The van der Waals surface area contributed by atoms with Crippen LogP contribution in [0.3, 0.4) is 0 Å². The first kappa shape index (κ1) is 51.5. The minimum atomic E-state index is -1.63. The number of aliphatic hydroxyl groups excluding tert-OH is 4. The van der Waals surface area contributed by atoms with E-state index in [1.807, 2.05) is 30.1 Å². The van der Waals surface area contributed by atoms with Crippen LogP contribution in [0.4, 0.5) is 11.5 Å². The minimum absolute atomic E-state index is 0.0523. The molecule has 3 aromatic carbocycles. The largest absolute Gasteiger partial charge is 0.505 e. The lowest BCUT2D eigenvalue weighted by Gasteiger charge is -2.38. The van der Waals surface area contributed by atoms with Crippen LogP contribution >= 0.6 is 0 Å². The number of carbonyl (C=O) groups excluding carboxylic acids is 2. The van der Waals surface area contributed by atoms with Crippen molar-refractivity contribution < 1.29 is 58.5 Å². The SMILES string of the molecule is CO[C@H]1/C=C/O[C@@H](O)C2c3c(C)c(=O)c4c(O)c(c5oc6cc(OCCN(C)c7ccccn7)ccc6nc5c4c3C(O)[C@@H]2C)NC(=O)/C(C)=C\C=C\[C@H](C)[C@H](O)[C@@H](C)[C@@H](O)[C@@H](C)[C@H](OC(C)=O)[C@@H]1C. The number of aliphatic hydroxyl groups is 4. The Labute approximate surface area is 406 Å². The average molecular weight is 965 g/mol. The van der Waals surface area contributed by atoms with Crippen molar-refractivity contribution in [3.63, 3.8) is 0 Å². The summed E-state index contributed by atoms with van der Waals surface area (Å²) in [4.78, 5) is 52.5. The molecule has 12 atom stereocenters. The van der Waals surface area contributed by atoms with Gasteiger partial charge in [0.05, 0.1) is 48.5 Å². The van der Waals surface area contributed by atoms with E-state index in [1.54, 1.807) is 78.1 Å². The van der Waals surface area contributed by atoms with E-state index in [0.717, 1.165) is 5.82 Å². The topological polar surface area (TPSA) is 243 Å². The summed E-state index contributed by atoms with van der Waals surface area (Å²) in [5.74, 6) is -4.91. The molecule has 2 aliphatic rings. The number of nitrogens with one attached hydrogen (secondary N) is 1. The molecular formula is C53H64N4O13. The van der Waals surface area contributed by atoms with Crippen LogP contribution in [0, 0.1) is 36.5 Å². The summed E-state index contributed by atoms with van der Waals surface area (Å²) in [6, 6.07) is 10.6. The molecule has 2 unspecified atom stereocenters. The Morgan fingerprint density at radius 1 is 0.914 bits per heavy atom. The quantitative estimate of drug-likeness (QED) is 0.0430. The van der Waals surface area contributed by atoms with Crippen molar-refractivity contribution >= 4 is 56.4 Å². The molecule has 0 saturated carbocycles. The van der Waals surface area contributed by atoms with Crippen molar-refractivity contribution in [3.05, 3.63) is 106 Å². The van der Waals surface area contributed by atoms with E-state index in [1.165, 1.54) is 39.4 Å². The summed E-state index contributed by atoms with van der Waals surface area (Å²) >= 11 is 0. The predicted octanol–water partition coefficient (Wildman–Crippen LogP) is 6.70. The number of methoxy groups -OCH3 is 1. The number of carbonyl (C=O) groups is 2. The van der Waals surface area contributed by atoms with Crippen LogP contribution in [0.15, 0.2) is 87.9 Å². The first-order valence-corrected chi connectivity index (χ1v) is 23.5. The molecule has 374 valence electrons. The molecule has 17 heteroatoms. The predicted molar refractivity (Wildman–Crippen MR) is 264 cm³/mol. The van der Waals surface area contributed by atoms with Crippen molar-refractivity contribution in [1.29, 1.82) is 0 Å². The molecule has 0 radical (unpaired) electrons. The van der Waals surface area contributed by atoms with Crippen LogP contribution in [0.25, 0.3) is 33.0 Å². The number of phenolic OH excluding ortho intramolecular Hbond substituents is 1. The van der Waals surface area contributed by atoms with Gasteiger partial charge in [-0.25, -0.2) is 9.97 Å². The molecule has 5 aromatic rings. The number of hydrogen-bond acceptors (Lipinski definition) is 16. The molecule has 0 saturated heterocycles. The third-order valence-electron chi connectivity index (χ3n) is 14.2. The second-order valence-corrected chi connectivity index (χ2v) is 18.8. The maximum Gasteiger partial charge on any atom is 0.302 e. The van der Waals surface area contributed by atoms with Crippen LogP contribution in [0.2, 0.25) is 0 Å². The lowest BCUT2D eigenvalue weighted by atomic mass is 9.78. The highest BCUT2D eigenvalue weighted by atomic mass is 16.6. The average Bonchev–Trinajstić information content (AvgIpc) is 3.61. The molecule has 1 amide bonds. The molecule has 1 aliphatic heterocycles. The molecule has 3 heterocycles. The molecule has 2 aromatic heterocycles. The number of pyridine rings is 1. The van der Waals surface area contributed by atoms with Gasteiger partial charge in [0.2, 0.25) is 6.29 Å². The first-order valence-electron chi connectivity index (χ1n) is 23.5. The van der Waals surface area contributed by atoms with E-state index in [-0.39, 0.29) is 56.4 Å². The zero-order valence-corrected chi connectivity index (χ0v) is 41.1. The Morgan fingerprint density at radius 2 is 1.66 bits per heavy atom. The Bertz CT molecular complexity index is 2900. The van der Waals surface area contributed by atoms with Crippen molar-refractivity contribution in [3.8, 4) is 11.5 Å². The van der Waals surface area contributed by atoms with E-state index >= 15 is 0 Å². The van der Waals surface area contributed by atoms with E-state index in [9.17, 15) is 39.9 Å². The van der Waals surface area contributed by atoms with Crippen molar-refractivity contribution in [2.24, 2.45) is 29.6 Å². The number of phenols is 1. The number of esters is 1. The van der Waals surface area contributed by atoms with Gasteiger partial charge < -0.3 is 59.1 Å². The van der Waals surface area contributed by atoms with Gasteiger partial charge >= 0.3 is 5.97 Å². The molecule has 3 bridgehead atoms. The number of allylic oxidation sites excluding steroid dienone is 2. The molecule has 7 rings (SSSR count). The van der Waals surface area contributed by atoms with Crippen LogP contribution < -0.4 is 20.4 Å². The third-order valence-corrected chi connectivity index (χ3v) is 14.2. The fraction of sp³-hybridized carbons (Fsp3) is 0.453. The standard InChI is InChI=1S/C53H64N4O13/c1-25-14-13-15-26(2)52(64)56-44-49(63)42-40(43-51(44)70-36-24-33(17-18-34(36)55-43)67-23-21-57(9)37-16-11-12-20-54-37)41-38(28(4)48(42)62)39(29(5)47(41)61)53(65)68-22-19-35(66-10)27(3)50(69-32(8)58)31(7)46(60)30(6)45(25)59/h11-20,22,24-25,27,29-31,35,39,45-47,50,53,59-61,63,65H,21,23H2,1-10H3,(H,56,64)/b14-13+,22-19+,26-15-/t25-,27+,29+,30+,31+,35-,39?,45-,46+,47?,50+,53+/m0/s1. The molecule has 0 spiro atoms. The van der Waals surface area contributed by atoms with Gasteiger partial charge in [-0.1, -0.05) is 58.9 Å². The number of benzene rings is 3. The highest BCUT2D eigenvalue weighted by Crippen LogP contribution is 2.53. The minimum Gasteiger partial charge on any atom is -0.505 e. The van der Waals surface area contributed by atoms with Crippen molar-refractivity contribution in [1.82, 2.24) is 9.97 Å². The number of nitrogens with zero attached hydrogens (tertiary/aromatic N) is 3. The Balaban J connectivity index is 1.39. The van der Waals surface area contributed by atoms with Gasteiger partial charge in [0.15, 0.2) is 22.3 Å². The summed E-state index contributed by atoms with van der Waals surface area (Å²) in [6.45, 7) is 13.8. The summed E-state index contributed by atoms with van der Waals surface area (Å²) < 4.78 is 30.2. The van der Waals surface area contributed by atoms with Crippen LogP contribution in [0.5, 0.6) is 11.5 Å². The highest BCUT2D eigenvalue weighted by Gasteiger charge is 2.46. The van der Waals surface area contributed by atoms with Gasteiger partial charge in [0.25, 0.3) is 5.91 Å². The van der Waals surface area contributed by atoms with Crippen molar-refractivity contribution in [2.45, 2.75) is 98.1 Å². The molecule has 70 heavy (non-hydrogen) atoms. The summed E-state index contributed by atoms with van der Waals surface area (Å²) in [7, 11) is 3.35. The zero-order valence-electron chi connectivity index (χ0n) is 41.1. The van der Waals surface area contributed by atoms with E-state index in [2.05, 4.69) is 10.3 Å². The van der Waals surface area contributed by atoms with Crippen LogP contribution in [-0.2, 0) is 23.8 Å². The molecular weight excluding hydrogens is 901 g/mol. The third kappa shape index (κ3) is 9.98. The molecule has 17 nitrogen and oxygen atoms in total. The molecule has 0 fully saturated rings. The molecule has 1 aliphatic carbocycles.